The van der Waals surface area contributed by atoms with Crippen molar-refractivity contribution in [3.8, 4) is 11.5 Å². The lowest BCUT2D eigenvalue weighted by atomic mass is 10.3. The molecule has 5 heteroatoms. The van der Waals surface area contributed by atoms with Crippen LogP contribution in [-0.4, -0.2) is 31.3 Å². The highest BCUT2D eigenvalue weighted by atomic mass is 16.5. The summed E-state index contributed by atoms with van der Waals surface area (Å²) in [5.41, 5.74) is 0.756. The zero-order valence-corrected chi connectivity index (χ0v) is 9.77. The fourth-order valence-corrected chi connectivity index (χ4v) is 1.99. The van der Waals surface area contributed by atoms with Crippen LogP contribution in [0.4, 0.5) is 5.88 Å². The van der Waals surface area contributed by atoms with E-state index in [2.05, 4.69) is 15.4 Å². The Morgan fingerprint density at radius 1 is 1.29 bits per heavy atom. The molecule has 5 nitrogen and oxygen atoms in total. The largest absolute Gasteiger partial charge is 0.460 e. The van der Waals surface area contributed by atoms with Crippen molar-refractivity contribution in [3.05, 3.63) is 24.0 Å². The normalized spacial score (nSPS) is 16.4. The first kappa shape index (κ1) is 10.4. The van der Waals surface area contributed by atoms with Crippen LogP contribution in [0.2, 0.25) is 0 Å². The third kappa shape index (κ3) is 2.06. The predicted octanol–water partition coefficient (Wildman–Crippen LogP) is 1.65. The average Bonchev–Trinajstić information content (AvgIpc) is 2.98. The number of rotatable bonds is 2. The summed E-state index contributed by atoms with van der Waals surface area (Å²) in [6.45, 7) is 5.78. The first-order valence-corrected chi connectivity index (χ1v) is 5.82. The smallest absolute Gasteiger partial charge is 0.228 e. The molecule has 90 valence electrons. The van der Waals surface area contributed by atoms with Gasteiger partial charge in [-0.25, -0.2) is 0 Å². The highest BCUT2D eigenvalue weighted by Gasteiger charge is 2.16. The fraction of sp³-hybridized carbons (Fsp3) is 0.417. The molecule has 0 bridgehead atoms. The summed E-state index contributed by atoms with van der Waals surface area (Å²) in [7, 11) is 0. The molecule has 1 aliphatic rings. The van der Waals surface area contributed by atoms with Crippen molar-refractivity contribution in [3.63, 3.8) is 0 Å². The van der Waals surface area contributed by atoms with Gasteiger partial charge < -0.3 is 19.2 Å². The molecule has 17 heavy (non-hydrogen) atoms. The number of aromatic nitrogens is 1. The van der Waals surface area contributed by atoms with Crippen LogP contribution in [0.25, 0.3) is 11.5 Å². The summed E-state index contributed by atoms with van der Waals surface area (Å²) in [6, 6.07) is 5.77. The number of nitrogens with zero attached hydrogens (tertiary/aromatic N) is 2. The Morgan fingerprint density at radius 3 is 2.82 bits per heavy atom. The number of piperazine rings is 1. The van der Waals surface area contributed by atoms with E-state index in [1.54, 1.807) is 0 Å². The molecule has 2 aromatic heterocycles. The van der Waals surface area contributed by atoms with Gasteiger partial charge in [0.05, 0.1) is 0 Å². The zero-order chi connectivity index (χ0) is 11.7. The molecule has 1 saturated heterocycles. The number of anilines is 1. The lowest BCUT2D eigenvalue weighted by Crippen LogP contribution is -2.43. The molecule has 2 aromatic rings. The molecular weight excluding hydrogens is 218 g/mol. The summed E-state index contributed by atoms with van der Waals surface area (Å²) in [5.74, 6) is 2.45. The van der Waals surface area contributed by atoms with E-state index in [9.17, 15) is 0 Å². The molecule has 0 spiro atoms. The maximum Gasteiger partial charge on any atom is 0.228 e. The van der Waals surface area contributed by atoms with Crippen LogP contribution in [0, 0.1) is 6.92 Å². The average molecular weight is 233 g/mol. The Bertz CT molecular complexity index is 497. The van der Waals surface area contributed by atoms with Gasteiger partial charge in [0, 0.05) is 32.2 Å². The molecule has 3 rings (SSSR count). The Morgan fingerprint density at radius 2 is 2.12 bits per heavy atom. The first-order chi connectivity index (χ1) is 8.33. The van der Waals surface area contributed by atoms with Gasteiger partial charge in [0.15, 0.2) is 11.5 Å². The summed E-state index contributed by atoms with van der Waals surface area (Å²) >= 11 is 0. The highest BCUT2D eigenvalue weighted by molar-refractivity contribution is 5.56. The Hall–Kier alpha value is -1.75. The van der Waals surface area contributed by atoms with Gasteiger partial charge >= 0.3 is 0 Å². The minimum Gasteiger partial charge on any atom is -0.460 e. The second kappa shape index (κ2) is 4.25. The molecule has 0 saturated carbocycles. The fourth-order valence-electron chi connectivity index (χ4n) is 1.99. The molecule has 0 aliphatic carbocycles. The van der Waals surface area contributed by atoms with Gasteiger partial charge in [0.25, 0.3) is 0 Å². The SMILES string of the molecule is Cc1ccc(-c2cc(N3CCNCC3)on2)o1. The molecule has 3 heterocycles. The Balaban J connectivity index is 1.82. The molecule has 0 aromatic carbocycles. The van der Waals surface area contributed by atoms with Gasteiger partial charge in [-0.15, -0.1) is 0 Å². The number of furan rings is 1. The minimum atomic E-state index is 0.756. The summed E-state index contributed by atoms with van der Waals surface area (Å²) < 4.78 is 10.9. The molecule has 1 fully saturated rings. The van der Waals surface area contributed by atoms with Crippen molar-refractivity contribution in [2.75, 3.05) is 31.1 Å². The number of aryl methyl sites for hydroxylation is 1. The van der Waals surface area contributed by atoms with Crippen molar-refractivity contribution in [2.24, 2.45) is 0 Å². The van der Waals surface area contributed by atoms with Crippen molar-refractivity contribution in [2.45, 2.75) is 6.92 Å². The number of nitrogens with one attached hydrogen (secondary N) is 1. The van der Waals surface area contributed by atoms with E-state index >= 15 is 0 Å². The molecule has 1 aliphatic heterocycles. The van der Waals surface area contributed by atoms with E-state index in [4.69, 9.17) is 8.94 Å². The van der Waals surface area contributed by atoms with Gasteiger partial charge in [0.2, 0.25) is 5.88 Å². The molecule has 0 unspecified atom stereocenters. The van der Waals surface area contributed by atoms with Crippen LogP contribution in [0.3, 0.4) is 0 Å². The van der Waals surface area contributed by atoms with Gasteiger partial charge in [-0.2, -0.15) is 0 Å². The van der Waals surface area contributed by atoms with Gasteiger partial charge in [-0.05, 0) is 19.1 Å². The highest BCUT2D eigenvalue weighted by Crippen LogP contribution is 2.25. The standard InChI is InChI=1S/C12H15N3O2/c1-9-2-3-11(16-9)10-8-12(17-14-10)15-6-4-13-5-7-15/h2-3,8,13H,4-7H2,1H3. The van der Waals surface area contributed by atoms with Crippen LogP contribution in [0.5, 0.6) is 0 Å². The van der Waals surface area contributed by atoms with Crippen molar-refractivity contribution in [1.29, 1.82) is 0 Å². The van der Waals surface area contributed by atoms with Crippen LogP contribution >= 0.6 is 0 Å². The number of hydrogen-bond acceptors (Lipinski definition) is 5. The second-order valence-corrected chi connectivity index (χ2v) is 4.20. The third-order valence-corrected chi connectivity index (χ3v) is 2.92. The van der Waals surface area contributed by atoms with E-state index in [1.165, 1.54) is 0 Å². The Kier molecular flexibility index (Phi) is 2.60. The summed E-state index contributed by atoms with van der Waals surface area (Å²) in [6.07, 6.45) is 0. The van der Waals surface area contributed by atoms with E-state index < -0.39 is 0 Å². The van der Waals surface area contributed by atoms with Crippen molar-refractivity contribution >= 4 is 5.88 Å². The second-order valence-electron chi connectivity index (χ2n) is 4.20. The minimum absolute atomic E-state index is 0.756. The Labute approximate surface area is 99.4 Å². The maximum atomic E-state index is 5.52. The van der Waals surface area contributed by atoms with Gasteiger partial charge in [0.1, 0.15) is 5.76 Å². The van der Waals surface area contributed by atoms with Gasteiger partial charge in [-0.3, -0.25) is 0 Å². The predicted molar refractivity (Wildman–Crippen MR) is 64.0 cm³/mol. The van der Waals surface area contributed by atoms with E-state index in [0.717, 1.165) is 49.3 Å². The van der Waals surface area contributed by atoms with Crippen LogP contribution < -0.4 is 10.2 Å². The molecule has 0 radical (unpaired) electrons. The van der Waals surface area contributed by atoms with Crippen LogP contribution in [-0.2, 0) is 0 Å². The molecule has 0 atom stereocenters. The van der Waals surface area contributed by atoms with Crippen molar-refractivity contribution < 1.29 is 8.94 Å². The number of hydrogen-bond donors (Lipinski definition) is 1. The maximum absolute atomic E-state index is 5.52. The lowest BCUT2D eigenvalue weighted by molar-refractivity contribution is 0.407. The van der Waals surface area contributed by atoms with Crippen LogP contribution in [0.1, 0.15) is 5.76 Å². The summed E-state index contributed by atoms with van der Waals surface area (Å²) in [5, 5.41) is 7.35. The van der Waals surface area contributed by atoms with Gasteiger partial charge in [-0.1, -0.05) is 5.16 Å². The van der Waals surface area contributed by atoms with E-state index in [0.29, 0.717) is 0 Å². The van der Waals surface area contributed by atoms with E-state index in [1.807, 2.05) is 25.1 Å². The van der Waals surface area contributed by atoms with E-state index in [-0.39, 0.29) is 0 Å². The summed E-state index contributed by atoms with van der Waals surface area (Å²) in [4.78, 5) is 2.18. The molecule has 0 amide bonds. The monoisotopic (exact) mass is 233 g/mol. The first-order valence-electron chi connectivity index (χ1n) is 5.82. The molecule has 1 N–H and O–H groups in total. The molecular formula is C12H15N3O2. The lowest BCUT2D eigenvalue weighted by Gasteiger charge is -2.25. The topological polar surface area (TPSA) is 54.4 Å². The van der Waals surface area contributed by atoms with Crippen LogP contribution in [0.15, 0.2) is 27.1 Å². The third-order valence-electron chi connectivity index (χ3n) is 2.92. The zero-order valence-electron chi connectivity index (χ0n) is 9.77. The quantitative estimate of drug-likeness (QED) is 0.854. The van der Waals surface area contributed by atoms with Crippen molar-refractivity contribution in [1.82, 2.24) is 10.5 Å².